The molecule has 0 heterocycles. The Kier molecular flexibility index (Phi) is 4.05. The molecule has 0 aliphatic carbocycles. The number of carbonyl (C=O) groups is 1. The van der Waals surface area contributed by atoms with Crippen LogP contribution in [-0.4, -0.2) is 19.1 Å². The summed E-state index contributed by atoms with van der Waals surface area (Å²) >= 11 is 5.51. The number of carbonyl (C=O) groups excluding carboxylic acids is 1. The van der Waals surface area contributed by atoms with Crippen molar-refractivity contribution in [1.29, 1.82) is 0 Å². The molecule has 1 atom stereocenters. The Labute approximate surface area is 92.0 Å². The molecule has 0 aliphatic rings. The third-order valence-corrected chi connectivity index (χ3v) is 2.25. The molecule has 0 bridgehead atoms. The molecule has 0 saturated heterocycles. The monoisotopic (exact) mass is 231 g/mol. The molecule has 2 N–H and O–H groups in total. The maximum absolute atomic E-state index is 13.0. The van der Waals surface area contributed by atoms with Crippen molar-refractivity contribution in [3.05, 3.63) is 34.6 Å². The van der Waals surface area contributed by atoms with Crippen LogP contribution in [0.15, 0.2) is 18.2 Å². The molecule has 0 amide bonds. The Balaban J connectivity index is 2.73. The predicted octanol–water partition coefficient (Wildman–Crippen LogP) is 1.52. The van der Waals surface area contributed by atoms with Crippen LogP contribution in [0.5, 0.6) is 0 Å². The van der Waals surface area contributed by atoms with E-state index < -0.39 is 17.8 Å². The van der Waals surface area contributed by atoms with Gasteiger partial charge in [0.15, 0.2) is 0 Å². The van der Waals surface area contributed by atoms with Crippen molar-refractivity contribution in [2.24, 2.45) is 5.73 Å². The van der Waals surface area contributed by atoms with Crippen molar-refractivity contribution in [1.82, 2.24) is 0 Å². The van der Waals surface area contributed by atoms with Gasteiger partial charge in [0.2, 0.25) is 0 Å². The number of methoxy groups -OCH3 is 1. The van der Waals surface area contributed by atoms with Crippen LogP contribution >= 0.6 is 11.6 Å². The lowest BCUT2D eigenvalue weighted by molar-refractivity contribution is -0.142. The third kappa shape index (κ3) is 3.18. The number of hydrogen-bond donors (Lipinski definition) is 1. The SMILES string of the molecule is COC(=O)[C@@H](N)Cc1ccc(Cl)c(F)c1. The Hall–Kier alpha value is -1.13. The zero-order valence-electron chi connectivity index (χ0n) is 8.17. The first-order valence-electron chi connectivity index (χ1n) is 4.32. The standard InChI is InChI=1S/C10H11ClFNO2/c1-15-10(14)9(13)5-6-2-3-7(11)8(12)4-6/h2-4,9H,5,13H2,1H3/t9-/m0/s1. The summed E-state index contributed by atoms with van der Waals surface area (Å²) in [7, 11) is 1.25. The number of ether oxygens (including phenoxy) is 1. The number of rotatable bonds is 3. The van der Waals surface area contributed by atoms with E-state index in [2.05, 4.69) is 4.74 Å². The molecule has 0 saturated carbocycles. The Morgan fingerprint density at radius 2 is 2.33 bits per heavy atom. The molecule has 1 rings (SSSR count). The topological polar surface area (TPSA) is 52.3 Å². The number of esters is 1. The van der Waals surface area contributed by atoms with Gasteiger partial charge < -0.3 is 10.5 Å². The lowest BCUT2D eigenvalue weighted by Gasteiger charge is -2.09. The van der Waals surface area contributed by atoms with Crippen molar-refractivity contribution in [2.75, 3.05) is 7.11 Å². The van der Waals surface area contributed by atoms with Gasteiger partial charge in [0.1, 0.15) is 11.9 Å². The average Bonchev–Trinajstić information content (AvgIpc) is 2.22. The second-order valence-corrected chi connectivity index (χ2v) is 3.49. The second-order valence-electron chi connectivity index (χ2n) is 3.08. The van der Waals surface area contributed by atoms with Gasteiger partial charge in [-0.15, -0.1) is 0 Å². The molecule has 1 aromatic carbocycles. The van der Waals surface area contributed by atoms with E-state index in [1.54, 1.807) is 6.07 Å². The smallest absolute Gasteiger partial charge is 0.322 e. The molecule has 0 unspecified atom stereocenters. The van der Waals surface area contributed by atoms with Crippen molar-refractivity contribution >= 4 is 17.6 Å². The largest absolute Gasteiger partial charge is 0.468 e. The van der Waals surface area contributed by atoms with Crippen molar-refractivity contribution in [3.63, 3.8) is 0 Å². The summed E-state index contributed by atoms with van der Waals surface area (Å²) in [6, 6.07) is 3.52. The van der Waals surface area contributed by atoms with Gasteiger partial charge in [0, 0.05) is 0 Å². The lowest BCUT2D eigenvalue weighted by atomic mass is 10.1. The van der Waals surface area contributed by atoms with Gasteiger partial charge in [0.05, 0.1) is 12.1 Å². The van der Waals surface area contributed by atoms with E-state index in [0.29, 0.717) is 5.56 Å². The molecule has 1 aromatic rings. The lowest BCUT2D eigenvalue weighted by Crippen LogP contribution is -2.33. The van der Waals surface area contributed by atoms with Crippen molar-refractivity contribution in [3.8, 4) is 0 Å². The molecular formula is C10H11ClFNO2. The van der Waals surface area contributed by atoms with Crippen LogP contribution in [0.4, 0.5) is 4.39 Å². The minimum atomic E-state index is -0.782. The summed E-state index contributed by atoms with van der Waals surface area (Å²) < 4.78 is 17.5. The van der Waals surface area contributed by atoms with E-state index in [0.717, 1.165) is 0 Å². The van der Waals surface area contributed by atoms with Gasteiger partial charge >= 0.3 is 5.97 Å². The Morgan fingerprint density at radius 3 is 2.87 bits per heavy atom. The van der Waals surface area contributed by atoms with Crippen LogP contribution in [-0.2, 0) is 16.0 Å². The maximum Gasteiger partial charge on any atom is 0.322 e. The van der Waals surface area contributed by atoms with E-state index >= 15 is 0 Å². The highest BCUT2D eigenvalue weighted by Crippen LogP contribution is 2.16. The first-order valence-corrected chi connectivity index (χ1v) is 4.69. The highest BCUT2D eigenvalue weighted by molar-refractivity contribution is 6.30. The van der Waals surface area contributed by atoms with Gasteiger partial charge in [0.25, 0.3) is 0 Å². The molecular weight excluding hydrogens is 221 g/mol. The van der Waals surface area contributed by atoms with Crippen molar-refractivity contribution < 1.29 is 13.9 Å². The fourth-order valence-electron chi connectivity index (χ4n) is 1.16. The van der Waals surface area contributed by atoms with Crippen LogP contribution < -0.4 is 5.73 Å². The number of nitrogens with two attached hydrogens (primary N) is 1. The predicted molar refractivity (Wildman–Crippen MR) is 55.1 cm³/mol. The summed E-state index contributed by atoms with van der Waals surface area (Å²) in [4.78, 5) is 11.0. The summed E-state index contributed by atoms with van der Waals surface area (Å²) in [5.74, 6) is -1.04. The summed E-state index contributed by atoms with van der Waals surface area (Å²) in [6.07, 6.45) is 0.223. The van der Waals surface area contributed by atoms with E-state index in [-0.39, 0.29) is 11.4 Å². The normalized spacial score (nSPS) is 12.3. The third-order valence-electron chi connectivity index (χ3n) is 1.94. The molecule has 0 radical (unpaired) electrons. The fraction of sp³-hybridized carbons (Fsp3) is 0.300. The first kappa shape index (κ1) is 11.9. The van der Waals surface area contributed by atoms with E-state index in [4.69, 9.17) is 17.3 Å². The van der Waals surface area contributed by atoms with E-state index in [1.165, 1.54) is 19.2 Å². The minimum Gasteiger partial charge on any atom is -0.468 e. The molecule has 0 fully saturated rings. The zero-order chi connectivity index (χ0) is 11.4. The number of halogens is 2. The fourth-order valence-corrected chi connectivity index (χ4v) is 1.27. The zero-order valence-corrected chi connectivity index (χ0v) is 8.92. The molecule has 0 aromatic heterocycles. The highest BCUT2D eigenvalue weighted by atomic mass is 35.5. The maximum atomic E-state index is 13.0. The summed E-state index contributed by atoms with van der Waals surface area (Å²) in [5.41, 5.74) is 6.12. The average molecular weight is 232 g/mol. The van der Waals surface area contributed by atoms with Gasteiger partial charge in [-0.3, -0.25) is 4.79 Å². The number of hydrogen-bond acceptors (Lipinski definition) is 3. The van der Waals surface area contributed by atoms with Crippen LogP contribution in [0.3, 0.4) is 0 Å². The van der Waals surface area contributed by atoms with Gasteiger partial charge in [-0.05, 0) is 24.1 Å². The quantitative estimate of drug-likeness (QED) is 0.803. The first-order chi connectivity index (χ1) is 7.04. The van der Waals surface area contributed by atoms with Gasteiger partial charge in [-0.1, -0.05) is 17.7 Å². The van der Waals surface area contributed by atoms with Crippen LogP contribution in [0.25, 0.3) is 0 Å². The van der Waals surface area contributed by atoms with Gasteiger partial charge in [-0.25, -0.2) is 4.39 Å². The van der Waals surface area contributed by atoms with E-state index in [9.17, 15) is 9.18 Å². The Bertz CT molecular complexity index is 370. The second kappa shape index (κ2) is 5.09. The number of benzene rings is 1. The molecule has 0 aliphatic heterocycles. The van der Waals surface area contributed by atoms with Crippen LogP contribution in [0.2, 0.25) is 5.02 Å². The van der Waals surface area contributed by atoms with Crippen molar-refractivity contribution in [2.45, 2.75) is 12.5 Å². The minimum absolute atomic E-state index is 0.0467. The molecule has 0 spiro atoms. The van der Waals surface area contributed by atoms with Gasteiger partial charge in [-0.2, -0.15) is 0 Å². The molecule has 15 heavy (non-hydrogen) atoms. The highest BCUT2D eigenvalue weighted by Gasteiger charge is 2.14. The summed E-state index contributed by atoms with van der Waals surface area (Å²) in [5, 5.41) is 0.0467. The molecule has 3 nitrogen and oxygen atoms in total. The molecule has 5 heteroatoms. The molecule has 82 valence electrons. The van der Waals surface area contributed by atoms with Crippen LogP contribution in [0, 0.1) is 5.82 Å². The Morgan fingerprint density at radius 1 is 1.67 bits per heavy atom. The van der Waals surface area contributed by atoms with E-state index in [1.807, 2.05) is 0 Å². The van der Waals surface area contributed by atoms with Crippen LogP contribution in [0.1, 0.15) is 5.56 Å². The summed E-state index contributed by atoms with van der Waals surface area (Å²) in [6.45, 7) is 0.